The summed E-state index contributed by atoms with van der Waals surface area (Å²) in [5.41, 5.74) is 4.58. The molecule has 0 aliphatic heterocycles. The number of benzene rings is 2. The maximum Gasteiger partial charge on any atom is 0.254 e. The summed E-state index contributed by atoms with van der Waals surface area (Å²) >= 11 is 5.91. The van der Waals surface area contributed by atoms with Gasteiger partial charge in [0.25, 0.3) is 10.0 Å². The number of nitrogens with one attached hydrogen (secondary N) is 1. The van der Waals surface area contributed by atoms with Gasteiger partial charge in [-0.3, -0.25) is 9.52 Å². The number of anilines is 1. The molecular weight excluding hydrogens is 408 g/mol. The standard InChI is InChI=1S/C22H21ClN2O3S/c1-4-29(27,28)24-19-11-5-16(6-12-19)14-20-13-15(2)21(25(20)3)22(26)17-7-9-18(23)10-8-17/h4-13,24H,1,14H2,2-3H3. The number of ketones is 1. The van der Waals surface area contributed by atoms with Gasteiger partial charge in [0.15, 0.2) is 0 Å². The number of carbonyl (C=O) groups excluding carboxylic acids is 1. The second kappa shape index (κ2) is 8.27. The SMILES string of the molecule is C=CS(=O)(=O)Nc1ccc(Cc2cc(C)c(C(=O)c3ccc(Cl)cc3)n2C)cc1. The Bertz CT molecular complexity index is 1160. The van der Waals surface area contributed by atoms with Gasteiger partial charge in [-0.15, -0.1) is 0 Å². The maximum atomic E-state index is 12.9. The Morgan fingerprint density at radius 3 is 2.34 bits per heavy atom. The summed E-state index contributed by atoms with van der Waals surface area (Å²) in [5.74, 6) is -0.0536. The van der Waals surface area contributed by atoms with Gasteiger partial charge in [-0.25, -0.2) is 8.42 Å². The van der Waals surface area contributed by atoms with Crippen molar-refractivity contribution in [3.05, 3.63) is 99.7 Å². The second-order valence-corrected chi connectivity index (χ2v) is 8.81. The number of aryl methyl sites for hydroxylation is 1. The van der Waals surface area contributed by atoms with Gasteiger partial charge in [0, 0.05) is 40.8 Å². The Balaban J connectivity index is 1.82. The molecule has 0 unspecified atom stereocenters. The molecule has 0 saturated heterocycles. The highest BCUT2D eigenvalue weighted by molar-refractivity contribution is 7.95. The van der Waals surface area contributed by atoms with Crippen molar-refractivity contribution >= 4 is 33.1 Å². The Labute approximate surface area is 175 Å². The van der Waals surface area contributed by atoms with E-state index in [0.717, 1.165) is 22.2 Å². The average molecular weight is 429 g/mol. The number of aromatic nitrogens is 1. The van der Waals surface area contributed by atoms with Crippen molar-refractivity contribution in [3.63, 3.8) is 0 Å². The fourth-order valence-electron chi connectivity index (χ4n) is 3.17. The van der Waals surface area contributed by atoms with E-state index < -0.39 is 10.0 Å². The fraction of sp³-hybridized carbons (Fsp3) is 0.136. The third-order valence-corrected chi connectivity index (χ3v) is 5.87. The lowest BCUT2D eigenvalue weighted by Gasteiger charge is -2.09. The Hall–Kier alpha value is -2.83. The summed E-state index contributed by atoms with van der Waals surface area (Å²) in [6.45, 7) is 5.19. The van der Waals surface area contributed by atoms with Crippen LogP contribution < -0.4 is 4.72 Å². The number of rotatable bonds is 7. The molecule has 0 amide bonds. The maximum absolute atomic E-state index is 12.9. The Morgan fingerprint density at radius 1 is 1.14 bits per heavy atom. The van der Waals surface area contributed by atoms with E-state index in [4.69, 9.17) is 11.6 Å². The van der Waals surface area contributed by atoms with Gasteiger partial charge < -0.3 is 4.57 Å². The van der Waals surface area contributed by atoms with Crippen LogP contribution in [0, 0.1) is 6.92 Å². The van der Waals surface area contributed by atoms with E-state index in [2.05, 4.69) is 11.3 Å². The van der Waals surface area contributed by atoms with E-state index in [1.807, 2.05) is 36.7 Å². The molecule has 0 aliphatic rings. The first kappa shape index (κ1) is 20.9. The molecule has 150 valence electrons. The zero-order chi connectivity index (χ0) is 21.2. The predicted octanol–water partition coefficient (Wildman–Crippen LogP) is 4.69. The normalized spacial score (nSPS) is 11.3. The van der Waals surface area contributed by atoms with E-state index in [0.29, 0.717) is 28.4 Å². The third kappa shape index (κ3) is 4.78. The number of nitrogens with zero attached hydrogens (tertiary/aromatic N) is 1. The van der Waals surface area contributed by atoms with E-state index in [1.165, 1.54) is 0 Å². The summed E-state index contributed by atoms with van der Waals surface area (Å²) < 4.78 is 27.4. The van der Waals surface area contributed by atoms with Crippen molar-refractivity contribution in [2.24, 2.45) is 7.05 Å². The van der Waals surface area contributed by atoms with Gasteiger partial charge in [-0.1, -0.05) is 30.3 Å². The average Bonchev–Trinajstić information content (AvgIpc) is 2.96. The third-order valence-electron chi connectivity index (χ3n) is 4.66. The van der Waals surface area contributed by atoms with E-state index in [9.17, 15) is 13.2 Å². The van der Waals surface area contributed by atoms with Gasteiger partial charge in [0.05, 0.1) is 5.69 Å². The second-order valence-electron chi connectivity index (χ2n) is 6.75. The van der Waals surface area contributed by atoms with Crippen molar-refractivity contribution in [2.45, 2.75) is 13.3 Å². The summed E-state index contributed by atoms with van der Waals surface area (Å²) in [6, 6.07) is 16.0. The molecule has 1 aromatic heterocycles. The molecule has 1 heterocycles. The summed E-state index contributed by atoms with van der Waals surface area (Å²) in [6.07, 6.45) is 0.611. The lowest BCUT2D eigenvalue weighted by molar-refractivity contribution is 0.103. The molecule has 2 aromatic carbocycles. The highest BCUT2D eigenvalue weighted by Crippen LogP contribution is 2.22. The number of hydrogen-bond donors (Lipinski definition) is 1. The Kier molecular flexibility index (Phi) is 5.96. The molecule has 29 heavy (non-hydrogen) atoms. The first-order chi connectivity index (χ1) is 13.7. The first-order valence-electron chi connectivity index (χ1n) is 8.90. The van der Waals surface area contributed by atoms with Crippen LogP contribution in [0.3, 0.4) is 0 Å². The van der Waals surface area contributed by atoms with E-state index in [-0.39, 0.29) is 5.78 Å². The molecule has 0 spiro atoms. The smallest absolute Gasteiger partial charge is 0.254 e. The molecule has 0 aliphatic carbocycles. The minimum absolute atomic E-state index is 0.0536. The van der Waals surface area contributed by atoms with Crippen LogP contribution in [0.1, 0.15) is 32.9 Å². The number of carbonyl (C=O) groups is 1. The lowest BCUT2D eigenvalue weighted by Crippen LogP contribution is -2.11. The van der Waals surface area contributed by atoms with Crippen LogP contribution in [0.5, 0.6) is 0 Å². The van der Waals surface area contributed by atoms with Crippen LogP contribution in [-0.2, 0) is 23.5 Å². The zero-order valence-corrected chi connectivity index (χ0v) is 17.7. The minimum atomic E-state index is -3.53. The van der Waals surface area contributed by atoms with Crippen molar-refractivity contribution in [1.29, 1.82) is 0 Å². The van der Waals surface area contributed by atoms with Crippen LogP contribution in [0.15, 0.2) is 66.6 Å². The van der Waals surface area contributed by atoms with Gasteiger partial charge >= 0.3 is 0 Å². The Morgan fingerprint density at radius 2 is 1.76 bits per heavy atom. The highest BCUT2D eigenvalue weighted by atomic mass is 35.5. The van der Waals surface area contributed by atoms with Crippen LogP contribution in [0.25, 0.3) is 0 Å². The number of hydrogen-bond acceptors (Lipinski definition) is 3. The largest absolute Gasteiger partial charge is 0.344 e. The molecule has 7 heteroatoms. The molecule has 0 radical (unpaired) electrons. The van der Waals surface area contributed by atoms with Gasteiger partial charge in [0.1, 0.15) is 0 Å². The van der Waals surface area contributed by atoms with E-state index in [1.54, 1.807) is 36.4 Å². The molecule has 3 aromatic rings. The predicted molar refractivity (Wildman–Crippen MR) is 117 cm³/mol. The van der Waals surface area contributed by atoms with Crippen molar-refractivity contribution in [3.8, 4) is 0 Å². The van der Waals surface area contributed by atoms with Crippen LogP contribution >= 0.6 is 11.6 Å². The first-order valence-corrected chi connectivity index (χ1v) is 10.8. The number of halogens is 1. The zero-order valence-electron chi connectivity index (χ0n) is 16.1. The molecule has 0 saturated carbocycles. The fourth-order valence-corrected chi connectivity index (χ4v) is 3.84. The van der Waals surface area contributed by atoms with E-state index >= 15 is 0 Å². The van der Waals surface area contributed by atoms with Crippen molar-refractivity contribution in [2.75, 3.05) is 4.72 Å². The monoisotopic (exact) mass is 428 g/mol. The molecule has 3 rings (SSSR count). The summed E-state index contributed by atoms with van der Waals surface area (Å²) in [7, 11) is -1.65. The topological polar surface area (TPSA) is 68.2 Å². The van der Waals surface area contributed by atoms with Crippen LogP contribution in [0.4, 0.5) is 5.69 Å². The van der Waals surface area contributed by atoms with Crippen LogP contribution in [-0.4, -0.2) is 18.8 Å². The molecule has 0 bridgehead atoms. The molecular formula is C22H21ClN2O3S. The molecule has 0 atom stereocenters. The lowest BCUT2D eigenvalue weighted by atomic mass is 10.1. The van der Waals surface area contributed by atoms with Gasteiger partial charge in [-0.05, 0) is 60.5 Å². The molecule has 1 N–H and O–H groups in total. The van der Waals surface area contributed by atoms with Crippen LogP contribution in [0.2, 0.25) is 5.02 Å². The summed E-state index contributed by atoms with van der Waals surface area (Å²) in [4.78, 5) is 12.9. The van der Waals surface area contributed by atoms with Gasteiger partial charge in [0.2, 0.25) is 5.78 Å². The van der Waals surface area contributed by atoms with Gasteiger partial charge in [-0.2, -0.15) is 0 Å². The molecule has 5 nitrogen and oxygen atoms in total. The molecule has 0 fully saturated rings. The number of sulfonamides is 1. The quantitative estimate of drug-likeness (QED) is 0.555. The van der Waals surface area contributed by atoms with Crippen molar-refractivity contribution in [1.82, 2.24) is 4.57 Å². The highest BCUT2D eigenvalue weighted by Gasteiger charge is 2.18. The van der Waals surface area contributed by atoms with Crippen molar-refractivity contribution < 1.29 is 13.2 Å². The summed E-state index contributed by atoms with van der Waals surface area (Å²) in [5, 5.41) is 1.46. The minimum Gasteiger partial charge on any atom is -0.344 e.